The number of hydrogen-bond acceptors (Lipinski definition) is 3. The molecule has 4 heteroatoms. The van der Waals surface area contributed by atoms with Gasteiger partial charge in [-0.3, -0.25) is 4.98 Å². The summed E-state index contributed by atoms with van der Waals surface area (Å²) in [6.07, 6.45) is 11.7. The lowest BCUT2D eigenvalue weighted by Crippen LogP contribution is -2.26. The Morgan fingerprint density at radius 3 is 2.62 bits per heavy atom. The van der Waals surface area contributed by atoms with E-state index in [-0.39, 0.29) is 0 Å². The zero-order valence-electron chi connectivity index (χ0n) is 9.27. The Morgan fingerprint density at radius 2 is 2.00 bits per heavy atom. The van der Waals surface area contributed by atoms with Gasteiger partial charge in [0.2, 0.25) is 0 Å². The summed E-state index contributed by atoms with van der Waals surface area (Å²) in [5.41, 5.74) is 6.85. The maximum atomic E-state index is 5.88. The molecule has 87 valence electrons. The Kier molecular flexibility index (Phi) is 4.29. The topological polar surface area (TPSA) is 51.8 Å². The first-order valence-corrected chi connectivity index (χ1v) is 6.59. The molecule has 0 atom stereocenters. The second kappa shape index (κ2) is 5.73. The van der Waals surface area contributed by atoms with E-state index in [1.165, 1.54) is 25.7 Å². The zero-order chi connectivity index (χ0) is 11.4. The van der Waals surface area contributed by atoms with E-state index < -0.39 is 0 Å². The van der Waals surface area contributed by atoms with Crippen molar-refractivity contribution >= 4 is 15.9 Å². The van der Waals surface area contributed by atoms with Gasteiger partial charge in [-0.05, 0) is 54.0 Å². The summed E-state index contributed by atoms with van der Waals surface area (Å²) in [5.74, 6) is 0.783. The minimum absolute atomic E-state index is 0.434. The van der Waals surface area contributed by atoms with Crippen LogP contribution in [0.3, 0.4) is 0 Å². The predicted molar refractivity (Wildman–Crippen MR) is 67.7 cm³/mol. The normalized spacial score (nSPS) is 25.6. The van der Waals surface area contributed by atoms with Crippen LogP contribution in [0.15, 0.2) is 17.0 Å². The first-order chi connectivity index (χ1) is 7.74. The molecule has 0 bridgehead atoms. The minimum atomic E-state index is 0.434. The number of rotatable bonds is 3. The van der Waals surface area contributed by atoms with Crippen LogP contribution < -0.4 is 5.73 Å². The van der Waals surface area contributed by atoms with Crippen LogP contribution in [0.1, 0.15) is 37.8 Å². The lowest BCUT2D eigenvalue weighted by Gasteiger charge is -2.25. The molecular formula is C12H17BrN3. The fraction of sp³-hybridized carbons (Fsp3) is 0.583. The van der Waals surface area contributed by atoms with Gasteiger partial charge in [0.1, 0.15) is 4.60 Å². The van der Waals surface area contributed by atoms with Crippen molar-refractivity contribution in [3.05, 3.63) is 29.1 Å². The van der Waals surface area contributed by atoms with Crippen LogP contribution in [0.5, 0.6) is 0 Å². The molecule has 0 saturated heterocycles. The maximum Gasteiger partial charge on any atom is 0.124 e. The molecule has 0 amide bonds. The molecule has 0 spiro atoms. The highest BCUT2D eigenvalue weighted by atomic mass is 79.9. The molecule has 16 heavy (non-hydrogen) atoms. The molecule has 1 radical (unpaired) electrons. The van der Waals surface area contributed by atoms with Gasteiger partial charge in [0.25, 0.3) is 0 Å². The molecule has 2 N–H and O–H groups in total. The van der Waals surface area contributed by atoms with Crippen molar-refractivity contribution < 1.29 is 0 Å². The Bertz CT molecular complexity index is 318. The smallest absolute Gasteiger partial charge is 0.124 e. The van der Waals surface area contributed by atoms with Gasteiger partial charge in [0.05, 0.1) is 18.1 Å². The van der Waals surface area contributed by atoms with E-state index in [9.17, 15) is 0 Å². The fourth-order valence-corrected chi connectivity index (χ4v) is 2.34. The van der Waals surface area contributed by atoms with Crippen LogP contribution in [0.4, 0.5) is 0 Å². The molecule has 3 nitrogen and oxygen atoms in total. The molecule has 1 aromatic heterocycles. The van der Waals surface area contributed by atoms with Gasteiger partial charge in [0.15, 0.2) is 0 Å². The van der Waals surface area contributed by atoms with Crippen molar-refractivity contribution in [2.75, 3.05) is 0 Å². The van der Waals surface area contributed by atoms with Crippen molar-refractivity contribution in [3.63, 3.8) is 0 Å². The molecule has 1 heterocycles. The molecule has 0 aliphatic heterocycles. The molecule has 1 aliphatic carbocycles. The van der Waals surface area contributed by atoms with Crippen LogP contribution in [0.2, 0.25) is 0 Å². The van der Waals surface area contributed by atoms with Crippen molar-refractivity contribution in [3.8, 4) is 0 Å². The summed E-state index contributed by atoms with van der Waals surface area (Å²) in [6.45, 7) is 0. The van der Waals surface area contributed by atoms with Gasteiger partial charge in [-0.25, -0.2) is 4.98 Å². The third kappa shape index (κ3) is 3.52. The van der Waals surface area contributed by atoms with Gasteiger partial charge >= 0.3 is 0 Å². The molecule has 2 rings (SSSR count). The Morgan fingerprint density at radius 1 is 1.25 bits per heavy atom. The second-order valence-electron chi connectivity index (χ2n) is 4.48. The Labute approximate surface area is 105 Å². The van der Waals surface area contributed by atoms with Gasteiger partial charge in [-0.15, -0.1) is 0 Å². The van der Waals surface area contributed by atoms with Crippen LogP contribution in [0, 0.1) is 12.3 Å². The number of nitrogens with zero attached hydrogens (tertiary/aromatic N) is 2. The highest BCUT2D eigenvalue weighted by molar-refractivity contribution is 9.10. The highest BCUT2D eigenvalue weighted by Gasteiger charge is 2.18. The molecule has 1 saturated carbocycles. The van der Waals surface area contributed by atoms with Crippen molar-refractivity contribution in [2.45, 2.75) is 38.1 Å². The van der Waals surface area contributed by atoms with Crippen LogP contribution in [-0.2, 0) is 0 Å². The highest BCUT2D eigenvalue weighted by Crippen LogP contribution is 2.27. The van der Waals surface area contributed by atoms with E-state index in [1.54, 1.807) is 12.4 Å². The predicted octanol–water partition coefficient (Wildman–Crippen LogP) is 2.70. The Balaban J connectivity index is 1.77. The minimum Gasteiger partial charge on any atom is -0.328 e. The number of hydrogen-bond donors (Lipinski definition) is 1. The molecule has 1 fully saturated rings. The molecule has 1 aromatic rings. The van der Waals surface area contributed by atoms with E-state index in [2.05, 4.69) is 32.3 Å². The third-order valence-electron chi connectivity index (χ3n) is 3.19. The maximum absolute atomic E-state index is 5.88. The molecular weight excluding hydrogens is 266 g/mol. The number of aromatic nitrogens is 2. The summed E-state index contributed by atoms with van der Waals surface area (Å²) in [7, 11) is 0. The lowest BCUT2D eigenvalue weighted by molar-refractivity contribution is 0.324. The summed E-state index contributed by atoms with van der Waals surface area (Å²) in [6, 6.07) is 0.434. The van der Waals surface area contributed by atoms with Crippen LogP contribution >= 0.6 is 15.9 Å². The average Bonchev–Trinajstić information content (AvgIpc) is 2.30. The monoisotopic (exact) mass is 282 g/mol. The SMILES string of the molecule is N[C@H]1CC[C@H](C[CH]c2cnc(Br)cn2)CC1. The summed E-state index contributed by atoms with van der Waals surface area (Å²) < 4.78 is 0.785. The van der Waals surface area contributed by atoms with E-state index in [4.69, 9.17) is 5.73 Å². The van der Waals surface area contributed by atoms with E-state index >= 15 is 0 Å². The summed E-state index contributed by atoms with van der Waals surface area (Å²) >= 11 is 3.28. The fourth-order valence-electron chi connectivity index (χ4n) is 2.14. The van der Waals surface area contributed by atoms with Crippen LogP contribution in [-0.4, -0.2) is 16.0 Å². The zero-order valence-corrected chi connectivity index (χ0v) is 10.9. The van der Waals surface area contributed by atoms with E-state index in [0.717, 1.165) is 22.6 Å². The van der Waals surface area contributed by atoms with E-state index in [1.807, 2.05) is 0 Å². The average molecular weight is 283 g/mol. The lowest BCUT2D eigenvalue weighted by atomic mass is 9.83. The second-order valence-corrected chi connectivity index (χ2v) is 5.30. The largest absolute Gasteiger partial charge is 0.328 e. The van der Waals surface area contributed by atoms with Gasteiger partial charge < -0.3 is 5.73 Å². The number of halogens is 1. The van der Waals surface area contributed by atoms with Crippen molar-refractivity contribution in [1.29, 1.82) is 0 Å². The third-order valence-corrected chi connectivity index (χ3v) is 3.60. The van der Waals surface area contributed by atoms with Crippen molar-refractivity contribution in [2.24, 2.45) is 11.7 Å². The van der Waals surface area contributed by atoms with Gasteiger partial charge in [-0.1, -0.05) is 0 Å². The summed E-state index contributed by atoms with van der Waals surface area (Å²) in [5, 5.41) is 0. The van der Waals surface area contributed by atoms with E-state index in [0.29, 0.717) is 6.04 Å². The Hall–Kier alpha value is -0.480. The first kappa shape index (κ1) is 12.0. The standard InChI is InChI=1S/C12H17BrN3/c13-12-8-15-11(7-16-12)6-3-9-1-4-10(14)5-2-9/h6-10H,1-5,14H2/t9-,10-. The van der Waals surface area contributed by atoms with Crippen molar-refractivity contribution in [1.82, 2.24) is 9.97 Å². The van der Waals surface area contributed by atoms with Gasteiger partial charge in [0, 0.05) is 12.5 Å². The quantitative estimate of drug-likeness (QED) is 0.928. The molecule has 1 aliphatic rings. The molecule has 0 aromatic carbocycles. The molecule has 0 unspecified atom stereocenters. The van der Waals surface area contributed by atoms with Gasteiger partial charge in [-0.2, -0.15) is 0 Å². The number of nitrogens with two attached hydrogens (primary N) is 1. The van der Waals surface area contributed by atoms with Crippen LogP contribution in [0.25, 0.3) is 0 Å². The first-order valence-electron chi connectivity index (χ1n) is 5.80. The summed E-state index contributed by atoms with van der Waals surface area (Å²) in [4.78, 5) is 8.45.